The van der Waals surface area contributed by atoms with Crippen LogP contribution < -0.4 is 19.7 Å². The summed E-state index contributed by atoms with van der Waals surface area (Å²) in [5, 5.41) is 11.5. The standard InChI is InChI=1S/C21H18FN5O5/c1-11-2-3-12(8-14(11)22)23-17(28)10-26-19-18(24-25-26)20(29)27(21(19)30)13-4-5-15-16(9-13)32-7-6-31-15/h2-5,8-9,18-19H,6-7,10H2,1H3,(H,23,28)/t18-,19-/m0/s1. The Labute approximate surface area is 181 Å². The first-order chi connectivity index (χ1) is 15.4. The van der Waals surface area contributed by atoms with Crippen LogP contribution in [0.5, 0.6) is 11.5 Å². The van der Waals surface area contributed by atoms with Crippen molar-refractivity contribution in [2.45, 2.75) is 19.0 Å². The van der Waals surface area contributed by atoms with Gasteiger partial charge in [-0.15, -0.1) is 0 Å². The SMILES string of the molecule is Cc1ccc(NC(=O)CN2N=N[C@@H]3C(=O)N(c4ccc5c(c4)OCCO5)C(=O)[C@H]32)cc1F. The highest BCUT2D eigenvalue weighted by molar-refractivity contribution is 6.25. The fourth-order valence-corrected chi connectivity index (χ4v) is 3.80. The molecule has 0 bridgehead atoms. The first kappa shape index (κ1) is 19.9. The number of amides is 3. The molecular formula is C21H18FN5O5. The maximum Gasteiger partial charge on any atom is 0.263 e. The van der Waals surface area contributed by atoms with Crippen LogP contribution in [0, 0.1) is 12.7 Å². The zero-order chi connectivity index (χ0) is 22.4. The first-order valence-electron chi connectivity index (χ1n) is 9.93. The molecule has 3 aliphatic rings. The summed E-state index contributed by atoms with van der Waals surface area (Å²) in [6, 6.07) is 7.02. The number of carbonyl (C=O) groups is 3. The van der Waals surface area contributed by atoms with E-state index in [4.69, 9.17) is 9.47 Å². The molecule has 0 spiro atoms. The quantitative estimate of drug-likeness (QED) is 0.728. The Hall–Kier alpha value is -4.02. The second kappa shape index (κ2) is 7.59. The van der Waals surface area contributed by atoms with Crippen LogP contribution in [0.1, 0.15) is 5.56 Å². The molecule has 10 nitrogen and oxygen atoms in total. The average Bonchev–Trinajstić information content (AvgIpc) is 3.29. The lowest BCUT2D eigenvalue weighted by atomic mass is 10.1. The third kappa shape index (κ3) is 3.31. The fourth-order valence-electron chi connectivity index (χ4n) is 3.80. The summed E-state index contributed by atoms with van der Waals surface area (Å²) in [6.07, 6.45) is 0. The lowest BCUT2D eigenvalue weighted by Gasteiger charge is -2.22. The Bertz CT molecular complexity index is 1170. The molecule has 11 heteroatoms. The predicted molar refractivity (Wildman–Crippen MR) is 109 cm³/mol. The van der Waals surface area contributed by atoms with Gasteiger partial charge in [-0.1, -0.05) is 11.3 Å². The summed E-state index contributed by atoms with van der Waals surface area (Å²) in [6.45, 7) is 2.08. The highest BCUT2D eigenvalue weighted by Crippen LogP contribution is 2.37. The molecule has 1 saturated heterocycles. The lowest BCUT2D eigenvalue weighted by Crippen LogP contribution is -2.43. The number of aryl methyl sites for hydroxylation is 1. The van der Waals surface area contributed by atoms with Gasteiger partial charge in [0.1, 0.15) is 25.6 Å². The molecule has 1 fully saturated rings. The molecule has 2 aromatic carbocycles. The number of anilines is 2. The minimum absolute atomic E-state index is 0.275. The number of nitrogens with zero attached hydrogens (tertiary/aromatic N) is 4. The summed E-state index contributed by atoms with van der Waals surface area (Å²) in [4.78, 5) is 39.4. The van der Waals surface area contributed by atoms with Crippen molar-refractivity contribution in [2.24, 2.45) is 10.3 Å². The van der Waals surface area contributed by atoms with E-state index in [9.17, 15) is 18.8 Å². The molecule has 32 heavy (non-hydrogen) atoms. The number of rotatable bonds is 4. The number of imide groups is 1. The summed E-state index contributed by atoms with van der Waals surface area (Å²) in [5.41, 5.74) is 1.05. The van der Waals surface area contributed by atoms with Crippen molar-refractivity contribution in [3.63, 3.8) is 0 Å². The normalized spacial score (nSPS) is 21.2. The van der Waals surface area contributed by atoms with E-state index in [0.717, 1.165) is 4.90 Å². The Kier molecular flexibility index (Phi) is 4.72. The van der Waals surface area contributed by atoms with E-state index in [1.54, 1.807) is 37.3 Å². The number of nitrogens with one attached hydrogen (secondary N) is 1. The molecule has 0 radical (unpaired) electrons. The largest absolute Gasteiger partial charge is 0.486 e. The maximum absolute atomic E-state index is 13.7. The molecule has 164 valence electrons. The number of hydrogen-bond acceptors (Lipinski definition) is 8. The molecule has 3 amide bonds. The van der Waals surface area contributed by atoms with E-state index >= 15 is 0 Å². The number of halogens is 1. The summed E-state index contributed by atoms with van der Waals surface area (Å²) < 4.78 is 24.7. The van der Waals surface area contributed by atoms with Crippen molar-refractivity contribution in [2.75, 3.05) is 30.0 Å². The molecule has 2 atom stereocenters. The second-order valence-corrected chi connectivity index (χ2v) is 7.54. The molecule has 2 aromatic rings. The molecule has 0 aliphatic carbocycles. The van der Waals surface area contributed by atoms with Crippen LogP contribution in [0.3, 0.4) is 0 Å². The molecular weight excluding hydrogens is 421 g/mol. The third-order valence-corrected chi connectivity index (χ3v) is 5.40. The van der Waals surface area contributed by atoms with Crippen molar-refractivity contribution in [1.29, 1.82) is 0 Å². The van der Waals surface area contributed by atoms with E-state index in [0.29, 0.717) is 36.0 Å². The molecule has 0 unspecified atom stereocenters. The Morgan fingerprint density at radius 1 is 1.12 bits per heavy atom. The fraction of sp³-hybridized carbons (Fsp3) is 0.286. The lowest BCUT2D eigenvalue weighted by molar-refractivity contribution is -0.123. The van der Waals surface area contributed by atoms with E-state index in [1.807, 2.05) is 0 Å². The zero-order valence-corrected chi connectivity index (χ0v) is 16.9. The van der Waals surface area contributed by atoms with Crippen molar-refractivity contribution >= 4 is 29.1 Å². The summed E-state index contributed by atoms with van der Waals surface area (Å²) in [7, 11) is 0. The number of benzene rings is 2. The van der Waals surface area contributed by atoms with E-state index in [1.165, 1.54) is 11.1 Å². The van der Waals surface area contributed by atoms with Gasteiger partial charge in [-0.2, -0.15) is 5.11 Å². The van der Waals surface area contributed by atoms with Crippen molar-refractivity contribution in [1.82, 2.24) is 5.01 Å². The highest BCUT2D eigenvalue weighted by Gasteiger charge is 2.55. The number of ether oxygens (including phenoxy) is 2. The topological polar surface area (TPSA) is 113 Å². The van der Waals surface area contributed by atoms with Gasteiger partial charge in [0.15, 0.2) is 23.6 Å². The van der Waals surface area contributed by atoms with Gasteiger partial charge in [-0.3, -0.25) is 19.4 Å². The van der Waals surface area contributed by atoms with Crippen LogP contribution in [0.15, 0.2) is 46.7 Å². The van der Waals surface area contributed by atoms with Gasteiger partial charge in [0, 0.05) is 11.8 Å². The van der Waals surface area contributed by atoms with Crippen molar-refractivity contribution < 1.29 is 28.2 Å². The minimum Gasteiger partial charge on any atom is -0.486 e. The Balaban J connectivity index is 1.31. The van der Waals surface area contributed by atoms with Gasteiger partial charge in [0.05, 0.1) is 5.69 Å². The van der Waals surface area contributed by atoms with Gasteiger partial charge >= 0.3 is 0 Å². The van der Waals surface area contributed by atoms with Crippen LogP contribution in [-0.4, -0.2) is 54.6 Å². The van der Waals surface area contributed by atoms with Crippen LogP contribution in [0.25, 0.3) is 0 Å². The van der Waals surface area contributed by atoms with Crippen LogP contribution in [0.2, 0.25) is 0 Å². The first-order valence-corrected chi connectivity index (χ1v) is 9.93. The minimum atomic E-state index is -1.04. The molecule has 3 heterocycles. The maximum atomic E-state index is 13.7. The number of hydrogen-bond donors (Lipinski definition) is 1. The predicted octanol–water partition coefficient (Wildman–Crippen LogP) is 1.84. The highest BCUT2D eigenvalue weighted by atomic mass is 19.1. The average molecular weight is 439 g/mol. The van der Waals surface area contributed by atoms with Gasteiger partial charge in [0.25, 0.3) is 11.8 Å². The molecule has 3 aliphatic heterocycles. The van der Waals surface area contributed by atoms with Gasteiger partial charge in [-0.05, 0) is 36.8 Å². The van der Waals surface area contributed by atoms with E-state index < -0.39 is 35.6 Å². The molecule has 5 rings (SSSR count). The van der Waals surface area contributed by atoms with Gasteiger partial charge in [-0.25, -0.2) is 9.29 Å². The Morgan fingerprint density at radius 2 is 1.91 bits per heavy atom. The summed E-state index contributed by atoms with van der Waals surface area (Å²) >= 11 is 0. The Morgan fingerprint density at radius 3 is 2.69 bits per heavy atom. The molecule has 0 aromatic heterocycles. The van der Waals surface area contributed by atoms with Crippen molar-refractivity contribution in [3.05, 3.63) is 47.8 Å². The van der Waals surface area contributed by atoms with Gasteiger partial charge in [0.2, 0.25) is 5.91 Å². The van der Waals surface area contributed by atoms with Crippen LogP contribution in [-0.2, 0) is 14.4 Å². The van der Waals surface area contributed by atoms with Crippen LogP contribution in [0.4, 0.5) is 15.8 Å². The van der Waals surface area contributed by atoms with E-state index in [-0.39, 0.29) is 12.2 Å². The molecule has 0 saturated carbocycles. The second-order valence-electron chi connectivity index (χ2n) is 7.54. The van der Waals surface area contributed by atoms with Crippen LogP contribution >= 0.6 is 0 Å². The van der Waals surface area contributed by atoms with E-state index in [2.05, 4.69) is 15.7 Å². The number of carbonyl (C=O) groups excluding carboxylic acids is 3. The summed E-state index contributed by atoms with van der Waals surface area (Å²) in [5.74, 6) is -1.08. The molecule has 1 N–H and O–H groups in total. The van der Waals surface area contributed by atoms with Gasteiger partial charge < -0.3 is 14.8 Å². The monoisotopic (exact) mass is 439 g/mol. The number of fused-ring (bicyclic) bond motifs is 2. The van der Waals surface area contributed by atoms with Crippen molar-refractivity contribution in [3.8, 4) is 11.5 Å². The zero-order valence-electron chi connectivity index (χ0n) is 16.9. The third-order valence-electron chi connectivity index (χ3n) is 5.40. The smallest absolute Gasteiger partial charge is 0.263 e.